The summed E-state index contributed by atoms with van der Waals surface area (Å²) < 4.78 is 26.2. The first-order valence-corrected chi connectivity index (χ1v) is 5.15. The third-order valence-electron chi connectivity index (χ3n) is 2.64. The molecular weight excluding hydrogens is 244 g/mol. The van der Waals surface area contributed by atoms with E-state index in [4.69, 9.17) is 5.11 Å². The fourth-order valence-corrected chi connectivity index (χ4v) is 1.87. The number of carbonyl (C=O) groups is 2. The predicted molar refractivity (Wildman–Crippen MR) is 57.7 cm³/mol. The Kier molecular flexibility index (Phi) is 3.10. The van der Waals surface area contributed by atoms with Gasteiger partial charge in [0.05, 0.1) is 6.04 Å². The zero-order valence-corrected chi connectivity index (χ0v) is 9.14. The van der Waals surface area contributed by atoms with Gasteiger partial charge >= 0.3 is 6.09 Å². The van der Waals surface area contributed by atoms with Gasteiger partial charge in [-0.25, -0.2) is 13.6 Å². The Morgan fingerprint density at radius 2 is 1.89 bits per heavy atom. The van der Waals surface area contributed by atoms with Crippen LogP contribution in [0.25, 0.3) is 0 Å². The van der Waals surface area contributed by atoms with Crippen molar-refractivity contribution in [2.45, 2.75) is 12.5 Å². The van der Waals surface area contributed by atoms with Crippen LogP contribution in [0.5, 0.6) is 0 Å². The summed E-state index contributed by atoms with van der Waals surface area (Å²) in [4.78, 5) is 23.1. The number of ketones is 1. The zero-order valence-electron chi connectivity index (χ0n) is 9.14. The van der Waals surface area contributed by atoms with E-state index in [0.717, 1.165) is 29.3 Å². The first-order valence-electron chi connectivity index (χ1n) is 5.15. The Bertz CT molecular complexity index is 522. The van der Waals surface area contributed by atoms with Crippen molar-refractivity contribution in [3.63, 3.8) is 0 Å². The number of halogens is 2. The number of carboxylic acid groups (broad SMARTS) is 1. The highest BCUT2D eigenvalue weighted by atomic mass is 19.1. The largest absolute Gasteiger partial charge is 0.465 e. The van der Waals surface area contributed by atoms with E-state index in [-0.39, 0.29) is 17.8 Å². The average molecular weight is 253 g/mol. The topological polar surface area (TPSA) is 57.6 Å². The minimum Gasteiger partial charge on any atom is -0.465 e. The van der Waals surface area contributed by atoms with E-state index in [1.165, 1.54) is 0 Å². The molecule has 18 heavy (non-hydrogen) atoms. The number of hydrogen-bond acceptors (Lipinski definition) is 2. The normalized spacial score (nSPS) is 19.1. The van der Waals surface area contributed by atoms with Crippen molar-refractivity contribution in [1.29, 1.82) is 0 Å². The van der Waals surface area contributed by atoms with E-state index < -0.39 is 23.8 Å². The Morgan fingerprint density at radius 1 is 1.28 bits per heavy atom. The lowest BCUT2D eigenvalue weighted by Gasteiger charge is -2.28. The second kappa shape index (κ2) is 4.56. The molecule has 1 aromatic carbocycles. The molecule has 0 bridgehead atoms. The van der Waals surface area contributed by atoms with Crippen molar-refractivity contribution < 1.29 is 23.5 Å². The first-order chi connectivity index (χ1) is 8.47. The molecule has 0 saturated heterocycles. The highest BCUT2D eigenvalue weighted by Crippen LogP contribution is 2.29. The first kappa shape index (κ1) is 12.2. The number of rotatable bonds is 1. The highest BCUT2D eigenvalue weighted by molar-refractivity contribution is 5.92. The molecule has 0 fully saturated rings. The SMILES string of the molecule is O=C1C=CN(C(=O)O)[C@@H](c2cc(F)cc(F)c2)C1. The number of amides is 1. The fourth-order valence-electron chi connectivity index (χ4n) is 1.87. The molecule has 0 unspecified atom stereocenters. The maximum Gasteiger partial charge on any atom is 0.411 e. The maximum absolute atomic E-state index is 13.1. The number of hydrogen-bond donors (Lipinski definition) is 1. The van der Waals surface area contributed by atoms with Gasteiger partial charge < -0.3 is 5.11 Å². The average Bonchev–Trinajstić information content (AvgIpc) is 2.27. The molecule has 1 aliphatic rings. The summed E-state index contributed by atoms with van der Waals surface area (Å²) in [6.07, 6.45) is 0.807. The number of allylic oxidation sites excluding steroid dienone is 1. The van der Waals surface area contributed by atoms with Gasteiger partial charge in [-0.3, -0.25) is 9.69 Å². The minimum atomic E-state index is -1.28. The van der Waals surface area contributed by atoms with Gasteiger partial charge in [0.2, 0.25) is 0 Å². The molecule has 0 aliphatic carbocycles. The van der Waals surface area contributed by atoms with Gasteiger partial charge in [-0.1, -0.05) is 0 Å². The van der Waals surface area contributed by atoms with Crippen molar-refractivity contribution in [2.75, 3.05) is 0 Å². The molecule has 0 aromatic heterocycles. The van der Waals surface area contributed by atoms with E-state index >= 15 is 0 Å². The van der Waals surface area contributed by atoms with Crippen molar-refractivity contribution >= 4 is 11.9 Å². The lowest BCUT2D eigenvalue weighted by atomic mass is 9.97. The van der Waals surface area contributed by atoms with Crippen LogP contribution in [0.3, 0.4) is 0 Å². The van der Waals surface area contributed by atoms with Gasteiger partial charge in [0.25, 0.3) is 0 Å². The summed E-state index contributed by atoms with van der Waals surface area (Å²) in [6, 6.07) is 1.84. The van der Waals surface area contributed by atoms with Crippen molar-refractivity contribution in [3.05, 3.63) is 47.7 Å². The monoisotopic (exact) mass is 253 g/mol. The summed E-state index contributed by atoms with van der Waals surface area (Å²) >= 11 is 0. The van der Waals surface area contributed by atoms with E-state index in [0.29, 0.717) is 6.07 Å². The zero-order chi connectivity index (χ0) is 13.3. The molecule has 1 heterocycles. The summed E-state index contributed by atoms with van der Waals surface area (Å²) in [5.74, 6) is -1.91. The number of benzene rings is 1. The van der Waals surface area contributed by atoms with Gasteiger partial charge in [-0.05, 0) is 23.8 Å². The van der Waals surface area contributed by atoms with E-state index in [1.54, 1.807) is 0 Å². The second-order valence-corrected chi connectivity index (χ2v) is 3.89. The Labute approximate surface area is 101 Å². The molecule has 1 amide bonds. The van der Waals surface area contributed by atoms with E-state index in [2.05, 4.69) is 0 Å². The molecule has 1 aromatic rings. The quantitative estimate of drug-likeness (QED) is 0.836. The molecule has 4 nitrogen and oxygen atoms in total. The van der Waals surface area contributed by atoms with Gasteiger partial charge in [-0.15, -0.1) is 0 Å². The molecule has 0 spiro atoms. The van der Waals surface area contributed by atoms with Crippen LogP contribution in [0, 0.1) is 11.6 Å². The van der Waals surface area contributed by atoms with Crippen LogP contribution < -0.4 is 0 Å². The third-order valence-corrected chi connectivity index (χ3v) is 2.64. The van der Waals surface area contributed by atoms with E-state index in [9.17, 15) is 18.4 Å². The van der Waals surface area contributed by atoms with Gasteiger partial charge in [0, 0.05) is 18.7 Å². The molecule has 1 aliphatic heterocycles. The number of carbonyl (C=O) groups excluding carboxylic acids is 1. The molecule has 6 heteroatoms. The lowest BCUT2D eigenvalue weighted by Crippen LogP contribution is -2.33. The fraction of sp³-hybridized carbons (Fsp3) is 0.167. The summed E-state index contributed by atoms with van der Waals surface area (Å²) in [7, 11) is 0. The second-order valence-electron chi connectivity index (χ2n) is 3.89. The maximum atomic E-state index is 13.1. The molecule has 1 atom stereocenters. The predicted octanol–water partition coefficient (Wildman–Crippen LogP) is 2.47. The third kappa shape index (κ3) is 2.37. The Morgan fingerprint density at radius 3 is 2.44 bits per heavy atom. The highest BCUT2D eigenvalue weighted by Gasteiger charge is 2.29. The van der Waals surface area contributed by atoms with Crippen molar-refractivity contribution in [2.24, 2.45) is 0 Å². The van der Waals surface area contributed by atoms with Crippen LogP contribution in [0.2, 0.25) is 0 Å². The van der Waals surface area contributed by atoms with Crippen LogP contribution in [0.15, 0.2) is 30.5 Å². The summed E-state index contributed by atoms with van der Waals surface area (Å²) in [5, 5.41) is 8.97. The summed E-state index contributed by atoms with van der Waals surface area (Å²) in [5.41, 5.74) is 0.118. The summed E-state index contributed by atoms with van der Waals surface area (Å²) in [6.45, 7) is 0. The van der Waals surface area contributed by atoms with Crippen molar-refractivity contribution in [1.82, 2.24) is 4.90 Å². The lowest BCUT2D eigenvalue weighted by molar-refractivity contribution is -0.116. The van der Waals surface area contributed by atoms with Crippen LogP contribution in [0.1, 0.15) is 18.0 Å². The molecule has 0 radical (unpaired) electrons. The molecule has 2 rings (SSSR count). The molecular formula is C12H9F2NO3. The van der Waals surface area contributed by atoms with Crippen LogP contribution in [-0.4, -0.2) is 21.9 Å². The Hall–Kier alpha value is -2.24. The van der Waals surface area contributed by atoms with Gasteiger partial charge in [-0.2, -0.15) is 0 Å². The van der Waals surface area contributed by atoms with Crippen LogP contribution in [-0.2, 0) is 4.79 Å². The van der Waals surface area contributed by atoms with E-state index in [1.807, 2.05) is 0 Å². The van der Waals surface area contributed by atoms with Crippen LogP contribution >= 0.6 is 0 Å². The Balaban J connectivity index is 2.43. The van der Waals surface area contributed by atoms with Crippen molar-refractivity contribution in [3.8, 4) is 0 Å². The number of nitrogens with zero attached hydrogens (tertiary/aromatic N) is 1. The van der Waals surface area contributed by atoms with Gasteiger partial charge in [0.15, 0.2) is 5.78 Å². The standard InChI is InChI=1S/C12H9F2NO3/c13-8-3-7(4-9(14)5-8)11-6-10(16)1-2-15(11)12(17)18/h1-5,11H,6H2,(H,17,18)/t11-/m1/s1. The minimum absolute atomic E-state index is 0.118. The molecule has 94 valence electrons. The smallest absolute Gasteiger partial charge is 0.411 e. The molecule has 0 saturated carbocycles. The van der Waals surface area contributed by atoms with Crippen LogP contribution in [0.4, 0.5) is 13.6 Å². The molecule has 1 N–H and O–H groups in total. The van der Waals surface area contributed by atoms with Gasteiger partial charge in [0.1, 0.15) is 11.6 Å².